The number of aromatic nitrogens is 1. The van der Waals surface area contributed by atoms with Crippen molar-refractivity contribution in [3.05, 3.63) is 57.9 Å². The minimum absolute atomic E-state index is 0.0471. The highest BCUT2D eigenvalue weighted by molar-refractivity contribution is 6.10. The van der Waals surface area contributed by atoms with Gasteiger partial charge in [-0.3, -0.25) is 9.59 Å². The van der Waals surface area contributed by atoms with Crippen LogP contribution in [0, 0.1) is 19.8 Å². The number of ketones is 1. The number of fused-ring (bicyclic) bond motifs is 1. The van der Waals surface area contributed by atoms with E-state index >= 15 is 0 Å². The van der Waals surface area contributed by atoms with Crippen LogP contribution in [0.15, 0.2) is 24.3 Å². The van der Waals surface area contributed by atoms with E-state index in [4.69, 9.17) is 0 Å². The van der Waals surface area contributed by atoms with Crippen LogP contribution in [0.1, 0.15) is 75.3 Å². The lowest BCUT2D eigenvalue weighted by Gasteiger charge is -2.33. The Labute approximate surface area is 167 Å². The SMILES string of the molecule is Cc1ccccc1CC[C@@H]1CCCN(C(=O)c2c(C)[nH]c3c2C(=O)CCC3)C1. The van der Waals surface area contributed by atoms with E-state index in [0.717, 1.165) is 56.6 Å². The zero-order valence-electron chi connectivity index (χ0n) is 17.0. The number of amides is 1. The third kappa shape index (κ3) is 3.65. The second-order valence-corrected chi connectivity index (χ2v) is 8.48. The molecule has 1 atom stereocenters. The van der Waals surface area contributed by atoms with Crippen molar-refractivity contribution in [2.45, 2.75) is 58.8 Å². The summed E-state index contributed by atoms with van der Waals surface area (Å²) in [4.78, 5) is 31.1. The Balaban J connectivity index is 1.46. The van der Waals surface area contributed by atoms with Gasteiger partial charge >= 0.3 is 0 Å². The molecule has 1 aliphatic carbocycles. The molecule has 1 aromatic heterocycles. The number of Topliss-reactive ketones (excluding diaryl/α,β-unsaturated/α-hetero) is 1. The second-order valence-electron chi connectivity index (χ2n) is 8.48. The fraction of sp³-hybridized carbons (Fsp3) is 0.500. The van der Waals surface area contributed by atoms with Crippen molar-refractivity contribution in [2.24, 2.45) is 5.92 Å². The highest BCUT2D eigenvalue weighted by atomic mass is 16.2. The third-order valence-electron chi connectivity index (χ3n) is 6.48. The number of rotatable bonds is 4. The van der Waals surface area contributed by atoms with Crippen molar-refractivity contribution in [1.29, 1.82) is 0 Å². The first-order chi connectivity index (χ1) is 13.5. The van der Waals surface area contributed by atoms with E-state index in [1.807, 2.05) is 11.8 Å². The van der Waals surface area contributed by atoms with E-state index in [2.05, 4.69) is 36.2 Å². The zero-order valence-corrected chi connectivity index (χ0v) is 17.0. The van der Waals surface area contributed by atoms with Crippen LogP contribution in [0.3, 0.4) is 0 Å². The van der Waals surface area contributed by atoms with Crippen molar-refractivity contribution in [2.75, 3.05) is 13.1 Å². The smallest absolute Gasteiger partial charge is 0.256 e. The number of benzene rings is 1. The molecular weight excluding hydrogens is 348 g/mol. The van der Waals surface area contributed by atoms with Crippen LogP contribution < -0.4 is 0 Å². The molecule has 1 N–H and O–H groups in total. The molecule has 4 heteroatoms. The summed E-state index contributed by atoms with van der Waals surface area (Å²) >= 11 is 0. The third-order valence-corrected chi connectivity index (χ3v) is 6.48. The molecule has 0 bridgehead atoms. The molecule has 1 saturated heterocycles. The van der Waals surface area contributed by atoms with Crippen molar-refractivity contribution in [3.63, 3.8) is 0 Å². The predicted octanol–water partition coefficient (Wildman–Crippen LogP) is 4.64. The minimum Gasteiger partial charge on any atom is -0.361 e. The van der Waals surface area contributed by atoms with Crippen molar-refractivity contribution in [3.8, 4) is 0 Å². The number of piperidine rings is 1. The van der Waals surface area contributed by atoms with E-state index in [1.165, 1.54) is 17.5 Å². The summed E-state index contributed by atoms with van der Waals surface area (Å²) in [5.74, 6) is 0.705. The lowest BCUT2D eigenvalue weighted by molar-refractivity contribution is 0.0663. The van der Waals surface area contributed by atoms with E-state index in [0.29, 0.717) is 23.5 Å². The number of likely N-dealkylation sites (tertiary alicyclic amines) is 1. The summed E-state index contributed by atoms with van der Waals surface area (Å²) in [6, 6.07) is 8.57. The second kappa shape index (κ2) is 7.94. The zero-order chi connectivity index (χ0) is 19.7. The Morgan fingerprint density at radius 3 is 2.82 bits per heavy atom. The molecule has 0 spiro atoms. The van der Waals surface area contributed by atoms with Gasteiger partial charge < -0.3 is 9.88 Å². The van der Waals surface area contributed by atoms with Gasteiger partial charge in [0.25, 0.3) is 5.91 Å². The standard InChI is InChI=1S/C24H30N2O2/c1-16-7-3-4-9-19(16)13-12-18-8-6-14-26(15-18)24(28)22-17(2)25-20-10-5-11-21(27)23(20)22/h3-4,7,9,18,25H,5-6,8,10-15H2,1-2H3/t18-/m0/s1. The first kappa shape index (κ1) is 19.0. The molecule has 1 amide bonds. The average Bonchev–Trinajstić information content (AvgIpc) is 3.04. The number of carbonyl (C=O) groups is 2. The van der Waals surface area contributed by atoms with Crippen LogP contribution in [0.5, 0.6) is 0 Å². The molecule has 2 heterocycles. The molecule has 1 aliphatic heterocycles. The maximum atomic E-state index is 13.3. The van der Waals surface area contributed by atoms with Crippen LogP contribution in [0.4, 0.5) is 0 Å². The van der Waals surface area contributed by atoms with E-state index < -0.39 is 0 Å². The Hall–Kier alpha value is -2.36. The largest absolute Gasteiger partial charge is 0.361 e. The Morgan fingerprint density at radius 2 is 2.00 bits per heavy atom. The average molecular weight is 379 g/mol. The van der Waals surface area contributed by atoms with Gasteiger partial charge in [-0.15, -0.1) is 0 Å². The molecular formula is C24H30N2O2. The number of hydrogen-bond donors (Lipinski definition) is 1. The summed E-state index contributed by atoms with van der Waals surface area (Å²) in [5.41, 5.74) is 5.89. The van der Waals surface area contributed by atoms with Crippen LogP contribution in [0.2, 0.25) is 0 Å². The number of hydrogen-bond acceptors (Lipinski definition) is 2. The lowest BCUT2D eigenvalue weighted by Crippen LogP contribution is -2.40. The molecule has 0 radical (unpaired) electrons. The minimum atomic E-state index is 0.0471. The Kier molecular flexibility index (Phi) is 5.38. The van der Waals surface area contributed by atoms with Crippen molar-refractivity contribution < 1.29 is 9.59 Å². The highest BCUT2D eigenvalue weighted by Crippen LogP contribution is 2.30. The summed E-state index contributed by atoms with van der Waals surface area (Å²) < 4.78 is 0. The van der Waals surface area contributed by atoms with Gasteiger partial charge in [0, 0.05) is 30.9 Å². The molecule has 148 valence electrons. The number of nitrogens with zero attached hydrogens (tertiary/aromatic N) is 1. The van der Waals surface area contributed by atoms with Gasteiger partial charge in [0.2, 0.25) is 0 Å². The maximum Gasteiger partial charge on any atom is 0.256 e. The normalized spacial score (nSPS) is 19.6. The molecule has 4 nitrogen and oxygen atoms in total. The monoisotopic (exact) mass is 378 g/mol. The lowest BCUT2D eigenvalue weighted by atomic mass is 9.89. The van der Waals surface area contributed by atoms with Gasteiger partial charge in [-0.25, -0.2) is 0 Å². The van der Waals surface area contributed by atoms with Crippen molar-refractivity contribution >= 4 is 11.7 Å². The Bertz CT molecular complexity index is 896. The van der Waals surface area contributed by atoms with Crippen LogP contribution in [-0.4, -0.2) is 34.7 Å². The van der Waals surface area contributed by atoms with Crippen LogP contribution >= 0.6 is 0 Å². The predicted molar refractivity (Wildman–Crippen MR) is 111 cm³/mol. The van der Waals surface area contributed by atoms with E-state index in [9.17, 15) is 9.59 Å². The highest BCUT2D eigenvalue weighted by Gasteiger charge is 2.32. The van der Waals surface area contributed by atoms with E-state index in [1.54, 1.807) is 0 Å². The van der Waals surface area contributed by atoms with Gasteiger partial charge in [0.15, 0.2) is 5.78 Å². The van der Waals surface area contributed by atoms with Crippen LogP contribution in [-0.2, 0) is 12.8 Å². The quantitative estimate of drug-likeness (QED) is 0.843. The van der Waals surface area contributed by atoms with Crippen LogP contribution in [0.25, 0.3) is 0 Å². The van der Waals surface area contributed by atoms with E-state index in [-0.39, 0.29) is 11.7 Å². The summed E-state index contributed by atoms with van der Waals surface area (Å²) in [5, 5.41) is 0. The summed E-state index contributed by atoms with van der Waals surface area (Å²) in [6.45, 7) is 5.70. The fourth-order valence-electron chi connectivity index (χ4n) is 4.90. The molecule has 1 fully saturated rings. The van der Waals surface area contributed by atoms with Gasteiger partial charge in [0.1, 0.15) is 0 Å². The number of nitrogens with one attached hydrogen (secondary N) is 1. The van der Waals surface area contributed by atoms with Gasteiger partial charge in [-0.2, -0.15) is 0 Å². The Morgan fingerprint density at radius 1 is 1.18 bits per heavy atom. The molecule has 2 aromatic rings. The number of aromatic amines is 1. The van der Waals surface area contributed by atoms with Crippen molar-refractivity contribution in [1.82, 2.24) is 9.88 Å². The first-order valence-electron chi connectivity index (χ1n) is 10.6. The number of aryl methyl sites for hydroxylation is 4. The molecule has 28 heavy (non-hydrogen) atoms. The summed E-state index contributed by atoms with van der Waals surface area (Å²) in [6.07, 6.45) is 6.71. The first-order valence-corrected chi connectivity index (χ1v) is 10.6. The molecule has 4 rings (SSSR count). The summed E-state index contributed by atoms with van der Waals surface area (Å²) in [7, 11) is 0. The molecule has 0 unspecified atom stereocenters. The fourth-order valence-corrected chi connectivity index (χ4v) is 4.90. The number of carbonyl (C=O) groups excluding carboxylic acids is 2. The topological polar surface area (TPSA) is 53.2 Å². The maximum absolute atomic E-state index is 13.3. The van der Waals surface area contributed by atoms with Gasteiger partial charge in [-0.05, 0) is 69.4 Å². The molecule has 0 saturated carbocycles. The van der Waals surface area contributed by atoms with Gasteiger partial charge in [0.05, 0.1) is 11.1 Å². The van der Waals surface area contributed by atoms with Gasteiger partial charge in [-0.1, -0.05) is 24.3 Å². The molecule has 2 aliphatic rings. The number of H-pyrrole nitrogens is 1. The molecule has 1 aromatic carbocycles.